The predicted octanol–water partition coefficient (Wildman–Crippen LogP) is 19.9. The van der Waals surface area contributed by atoms with Gasteiger partial charge in [-0.1, -0.05) is 189 Å². The maximum absolute atomic E-state index is 7.00. The first-order valence-electron chi connectivity index (χ1n) is 30.2. The molecule has 0 N–H and O–H groups in total. The summed E-state index contributed by atoms with van der Waals surface area (Å²) in [5.41, 5.74) is 28.8. The Morgan fingerprint density at radius 2 is 1.04 bits per heavy atom. The lowest BCUT2D eigenvalue weighted by Crippen LogP contribution is -2.60. The zero-order valence-corrected chi connectivity index (χ0v) is 50.8. The van der Waals surface area contributed by atoms with Crippen LogP contribution >= 0.6 is 0 Å². The van der Waals surface area contributed by atoms with Gasteiger partial charge in [-0.15, -0.1) is 0 Å². The Labute approximate surface area is 485 Å². The molecule has 4 aliphatic rings. The number of nitrogens with zero attached hydrogens (tertiary/aromatic N) is 3. The standard InChI is InChI=1S/C77H76BN3O/c1-72(2,3)45-24-30-48(31-25-45)79(49-32-26-46(27-33-49)73(4,5)6)51-36-37-54-62(40-51)81(50-34-28-47(29-35-50)74(7,8)9)78-60-44-65-55(52-20-17-19-23-64(52)82-65)42-63(60)80-61-43-59-58(75(10,11)38-39-76(59,12)13)41-56(61)68-69-66(67(54)70(78)71(68)80)53-21-16-18-22-57(53)77(69,14)15/h16-37,40-44H,38-39H2,1-15H3. The first kappa shape index (κ1) is 51.1. The van der Waals surface area contributed by atoms with Gasteiger partial charge in [0.05, 0.1) is 11.0 Å². The quantitative estimate of drug-likeness (QED) is 0.164. The van der Waals surface area contributed by atoms with Crippen LogP contribution in [0.5, 0.6) is 0 Å². The molecule has 0 radical (unpaired) electrons. The molecule has 0 saturated carbocycles. The summed E-state index contributed by atoms with van der Waals surface area (Å²) in [7, 11) is 0. The largest absolute Gasteiger partial charge is 0.456 e. The maximum atomic E-state index is 7.00. The van der Waals surface area contributed by atoms with Crippen molar-refractivity contribution in [3.63, 3.8) is 0 Å². The van der Waals surface area contributed by atoms with E-state index in [4.69, 9.17) is 4.42 Å². The summed E-state index contributed by atoms with van der Waals surface area (Å²) >= 11 is 0. The number of hydrogen-bond acceptors (Lipinski definition) is 3. The molecule has 0 saturated heterocycles. The first-order chi connectivity index (χ1) is 38.8. The molecule has 15 rings (SSSR count). The molecule has 11 aromatic rings. The van der Waals surface area contributed by atoms with Crippen molar-refractivity contribution in [2.75, 3.05) is 9.71 Å². The smallest absolute Gasteiger partial charge is 0.333 e. The third-order valence-corrected chi connectivity index (χ3v) is 20.1. The van der Waals surface area contributed by atoms with Crippen molar-refractivity contribution in [2.45, 2.75) is 149 Å². The highest BCUT2D eigenvalue weighted by atomic mass is 16.3. The summed E-state index contributed by atoms with van der Waals surface area (Å²) in [5, 5.41) is 5.04. The molecule has 0 unspecified atom stereocenters. The van der Waals surface area contributed by atoms with Crippen LogP contribution in [0.3, 0.4) is 0 Å². The highest BCUT2D eigenvalue weighted by Gasteiger charge is 2.51. The molecule has 2 aromatic heterocycles. The van der Waals surface area contributed by atoms with Crippen LogP contribution in [0.25, 0.3) is 71.7 Å². The molecule has 4 nitrogen and oxygen atoms in total. The molecule has 408 valence electrons. The molecular formula is C77H76BN3O. The summed E-state index contributed by atoms with van der Waals surface area (Å²) in [4.78, 5) is 5.21. The molecule has 2 aliphatic heterocycles. The lowest BCUT2D eigenvalue weighted by molar-refractivity contribution is 0.332. The van der Waals surface area contributed by atoms with E-state index < -0.39 is 0 Å². The Kier molecular flexibility index (Phi) is 10.4. The zero-order chi connectivity index (χ0) is 57.1. The van der Waals surface area contributed by atoms with Crippen molar-refractivity contribution in [1.29, 1.82) is 0 Å². The Morgan fingerprint density at radius 1 is 0.476 bits per heavy atom. The molecule has 82 heavy (non-hydrogen) atoms. The molecule has 5 heteroatoms. The van der Waals surface area contributed by atoms with Crippen molar-refractivity contribution in [2.24, 2.45) is 0 Å². The van der Waals surface area contributed by atoms with Crippen molar-refractivity contribution in [3.05, 3.63) is 203 Å². The number of aromatic nitrogens is 1. The van der Waals surface area contributed by atoms with Gasteiger partial charge < -0.3 is 18.7 Å². The van der Waals surface area contributed by atoms with E-state index in [9.17, 15) is 0 Å². The van der Waals surface area contributed by atoms with Crippen LogP contribution in [0.2, 0.25) is 0 Å². The van der Waals surface area contributed by atoms with Crippen molar-refractivity contribution in [3.8, 4) is 27.9 Å². The van der Waals surface area contributed by atoms with Gasteiger partial charge in [0.1, 0.15) is 11.2 Å². The topological polar surface area (TPSA) is 24.6 Å². The molecule has 0 spiro atoms. The average Bonchev–Trinajstić information content (AvgIpc) is 1.53. The fourth-order valence-electron chi connectivity index (χ4n) is 15.3. The van der Waals surface area contributed by atoms with E-state index in [2.05, 4.69) is 282 Å². The molecule has 0 bridgehead atoms. The minimum Gasteiger partial charge on any atom is -0.456 e. The third kappa shape index (κ3) is 7.16. The monoisotopic (exact) mass is 1070 g/mol. The number of rotatable bonds is 4. The van der Waals surface area contributed by atoms with Gasteiger partial charge in [0, 0.05) is 66.6 Å². The number of para-hydroxylation sites is 1. The van der Waals surface area contributed by atoms with E-state index in [1.807, 2.05) is 0 Å². The molecule has 0 amide bonds. The van der Waals surface area contributed by atoms with Crippen molar-refractivity contribution >= 4 is 90.0 Å². The number of furan rings is 1. The van der Waals surface area contributed by atoms with Gasteiger partial charge in [0.15, 0.2) is 0 Å². The zero-order valence-electron chi connectivity index (χ0n) is 50.8. The number of fused-ring (bicyclic) bond motifs is 17. The van der Waals surface area contributed by atoms with Gasteiger partial charge in [0.25, 0.3) is 0 Å². The molecule has 9 aromatic carbocycles. The lowest BCUT2D eigenvalue weighted by Gasteiger charge is -2.43. The van der Waals surface area contributed by atoms with Gasteiger partial charge in [-0.2, -0.15) is 0 Å². The first-order valence-corrected chi connectivity index (χ1v) is 30.2. The minimum atomic E-state index is -0.305. The normalized spacial score (nSPS) is 16.4. The van der Waals surface area contributed by atoms with Crippen LogP contribution in [-0.2, 0) is 32.5 Å². The second-order valence-corrected chi connectivity index (χ2v) is 29.7. The number of benzene rings is 9. The predicted molar refractivity (Wildman–Crippen MR) is 351 cm³/mol. The fourth-order valence-corrected chi connectivity index (χ4v) is 15.3. The van der Waals surface area contributed by atoms with Crippen LogP contribution in [0, 0.1) is 0 Å². The molecule has 0 fully saturated rings. The maximum Gasteiger partial charge on any atom is 0.333 e. The van der Waals surface area contributed by atoms with Gasteiger partial charge in [-0.05, 0) is 185 Å². The van der Waals surface area contributed by atoms with Crippen LogP contribution in [0.15, 0.2) is 168 Å². The molecule has 0 atom stereocenters. The Morgan fingerprint density at radius 3 is 1.66 bits per heavy atom. The molecule has 2 aliphatic carbocycles. The number of anilines is 5. The van der Waals surface area contributed by atoms with E-state index in [0.717, 1.165) is 57.5 Å². The molecular weight excluding hydrogens is 994 g/mol. The van der Waals surface area contributed by atoms with Crippen LogP contribution in [0.4, 0.5) is 28.4 Å². The minimum absolute atomic E-state index is 0.0151. The summed E-state index contributed by atoms with van der Waals surface area (Å²) in [6, 6.07) is 63.8. The second-order valence-electron chi connectivity index (χ2n) is 29.7. The van der Waals surface area contributed by atoms with E-state index in [-0.39, 0.29) is 39.3 Å². The van der Waals surface area contributed by atoms with E-state index in [1.54, 1.807) is 0 Å². The molecule has 4 heterocycles. The van der Waals surface area contributed by atoms with Crippen LogP contribution in [0.1, 0.15) is 156 Å². The SMILES string of the molecule is CC(C)(C)c1ccc(N2B3c4cc5oc6ccccc6c5cc4-n4c5cc6c(cc5c5c7c(c(c3c54)-c3ccc(N(c4ccc(C(C)(C)C)cc4)c4ccc(C(C)(C)C)cc4)cc32)-c2ccccc2C7(C)C)C(C)(C)CCC6(C)C)cc1. The fraction of sp³-hybridized carbons (Fsp3) is 0.299. The summed E-state index contributed by atoms with van der Waals surface area (Å²) < 4.78 is 9.73. The van der Waals surface area contributed by atoms with E-state index >= 15 is 0 Å². The van der Waals surface area contributed by atoms with Crippen molar-refractivity contribution in [1.82, 2.24) is 4.57 Å². The summed E-state index contributed by atoms with van der Waals surface area (Å²) in [5.74, 6) is 0. The van der Waals surface area contributed by atoms with Gasteiger partial charge in [-0.25, -0.2) is 0 Å². The summed E-state index contributed by atoms with van der Waals surface area (Å²) in [6.45, 7) is 35.5. The van der Waals surface area contributed by atoms with Gasteiger partial charge >= 0.3 is 6.85 Å². The lowest BCUT2D eigenvalue weighted by atomic mass is 9.43. The third-order valence-electron chi connectivity index (χ3n) is 20.1. The Balaban J connectivity index is 1.12. The van der Waals surface area contributed by atoms with Crippen molar-refractivity contribution < 1.29 is 4.42 Å². The number of hydrogen-bond donors (Lipinski definition) is 0. The van der Waals surface area contributed by atoms with E-state index in [1.165, 1.54) is 105 Å². The highest BCUT2D eigenvalue weighted by Crippen LogP contribution is 2.60. The van der Waals surface area contributed by atoms with Crippen LogP contribution < -0.4 is 20.6 Å². The average molecular weight is 1070 g/mol. The van der Waals surface area contributed by atoms with Gasteiger partial charge in [0.2, 0.25) is 0 Å². The second kappa shape index (κ2) is 16.7. The highest BCUT2D eigenvalue weighted by molar-refractivity contribution is 6.94. The van der Waals surface area contributed by atoms with Gasteiger partial charge in [-0.3, -0.25) is 0 Å². The van der Waals surface area contributed by atoms with E-state index in [0.29, 0.717) is 0 Å². The summed E-state index contributed by atoms with van der Waals surface area (Å²) in [6.07, 6.45) is 2.30. The Bertz CT molecular complexity index is 4460. The Hall–Kier alpha value is -7.76. The van der Waals surface area contributed by atoms with Crippen LogP contribution in [-0.4, -0.2) is 11.4 Å².